The third kappa shape index (κ3) is 4.01. The van der Waals surface area contributed by atoms with Crippen LogP contribution in [0.3, 0.4) is 0 Å². The van der Waals surface area contributed by atoms with E-state index in [-0.39, 0.29) is 28.3 Å². The summed E-state index contributed by atoms with van der Waals surface area (Å²) in [6.45, 7) is 0.000296. The SMILES string of the molecule is COc1ccc(S(=O)(=O)Nc2nc(-c3ccc4c(c3)N(C)C(=O)CO4)cs2)c(OC)c1. The summed E-state index contributed by atoms with van der Waals surface area (Å²) >= 11 is 1.15. The Morgan fingerprint density at radius 3 is 2.71 bits per heavy atom. The average Bonchev–Trinajstić information content (AvgIpc) is 3.23. The molecule has 1 aliphatic heterocycles. The molecule has 162 valence electrons. The average molecular weight is 462 g/mol. The van der Waals surface area contributed by atoms with Crippen molar-refractivity contribution in [3.8, 4) is 28.5 Å². The van der Waals surface area contributed by atoms with Crippen LogP contribution in [0.1, 0.15) is 0 Å². The number of amides is 1. The van der Waals surface area contributed by atoms with Crippen LogP contribution in [0.5, 0.6) is 17.2 Å². The first-order chi connectivity index (χ1) is 14.8. The predicted octanol–water partition coefficient (Wildman–Crippen LogP) is 2.98. The lowest BCUT2D eigenvalue weighted by Crippen LogP contribution is -2.35. The van der Waals surface area contributed by atoms with Crippen LogP contribution in [0.4, 0.5) is 10.8 Å². The lowest BCUT2D eigenvalue weighted by atomic mass is 10.1. The van der Waals surface area contributed by atoms with Crippen LogP contribution in [-0.4, -0.2) is 47.2 Å². The van der Waals surface area contributed by atoms with Crippen molar-refractivity contribution in [3.63, 3.8) is 0 Å². The monoisotopic (exact) mass is 461 g/mol. The zero-order chi connectivity index (χ0) is 22.2. The van der Waals surface area contributed by atoms with Gasteiger partial charge in [-0.15, -0.1) is 11.3 Å². The molecule has 1 N–H and O–H groups in total. The zero-order valence-electron chi connectivity index (χ0n) is 16.9. The number of methoxy groups -OCH3 is 2. The van der Waals surface area contributed by atoms with E-state index in [9.17, 15) is 13.2 Å². The fourth-order valence-electron chi connectivity index (χ4n) is 3.05. The maximum absolute atomic E-state index is 12.9. The number of benzene rings is 2. The Morgan fingerprint density at radius 2 is 1.97 bits per heavy atom. The normalized spacial score (nSPS) is 13.4. The number of hydrogen-bond donors (Lipinski definition) is 1. The Kier molecular flexibility index (Phi) is 5.46. The van der Waals surface area contributed by atoms with Gasteiger partial charge in [0.1, 0.15) is 22.1 Å². The highest BCUT2D eigenvalue weighted by atomic mass is 32.2. The van der Waals surface area contributed by atoms with Gasteiger partial charge in [-0.05, 0) is 30.3 Å². The number of carbonyl (C=O) groups is 1. The summed E-state index contributed by atoms with van der Waals surface area (Å²) in [6.07, 6.45) is 0. The number of rotatable bonds is 6. The van der Waals surface area contributed by atoms with E-state index in [0.29, 0.717) is 22.9 Å². The summed E-state index contributed by atoms with van der Waals surface area (Å²) in [5.41, 5.74) is 1.93. The van der Waals surface area contributed by atoms with Crippen molar-refractivity contribution in [2.24, 2.45) is 0 Å². The summed E-state index contributed by atoms with van der Waals surface area (Å²) in [5, 5.41) is 1.93. The first-order valence-electron chi connectivity index (χ1n) is 9.06. The molecule has 9 nitrogen and oxygen atoms in total. The zero-order valence-corrected chi connectivity index (χ0v) is 18.5. The molecule has 0 bridgehead atoms. The highest BCUT2D eigenvalue weighted by Crippen LogP contribution is 2.37. The molecule has 1 aliphatic rings. The molecule has 2 aromatic carbocycles. The molecule has 0 fully saturated rings. The van der Waals surface area contributed by atoms with Gasteiger partial charge in [-0.3, -0.25) is 9.52 Å². The van der Waals surface area contributed by atoms with Gasteiger partial charge in [-0.25, -0.2) is 13.4 Å². The molecule has 0 unspecified atom stereocenters. The summed E-state index contributed by atoms with van der Waals surface area (Å²) < 4.78 is 44.0. The fraction of sp³-hybridized carbons (Fsp3) is 0.200. The van der Waals surface area contributed by atoms with E-state index < -0.39 is 10.0 Å². The van der Waals surface area contributed by atoms with Crippen molar-refractivity contribution in [1.82, 2.24) is 4.98 Å². The van der Waals surface area contributed by atoms with E-state index in [4.69, 9.17) is 14.2 Å². The number of sulfonamides is 1. The van der Waals surface area contributed by atoms with Gasteiger partial charge in [-0.2, -0.15) is 0 Å². The summed E-state index contributed by atoms with van der Waals surface area (Å²) in [7, 11) is 0.612. The third-order valence-electron chi connectivity index (χ3n) is 4.73. The van der Waals surface area contributed by atoms with Crippen LogP contribution < -0.4 is 23.8 Å². The molecule has 0 atom stereocenters. The van der Waals surface area contributed by atoms with Crippen LogP contribution in [0.15, 0.2) is 46.7 Å². The fourth-order valence-corrected chi connectivity index (χ4v) is 5.18. The molecule has 0 saturated heterocycles. The maximum atomic E-state index is 12.9. The van der Waals surface area contributed by atoms with E-state index in [1.807, 2.05) is 6.07 Å². The Bertz CT molecular complexity index is 1260. The molecule has 3 aromatic rings. The van der Waals surface area contributed by atoms with Crippen LogP contribution in [0, 0.1) is 0 Å². The number of aromatic nitrogens is 1. The largest absolute Gasteiger partial charge is 0.497 e. The van der Waals surface area contributed by atoms with Crippen LogP contribution >= 0.6 is 11.3 Å². The molecule has 0 radical (unpaired) electrons. The second kappa shape index (κ2) is 8.08. The summed E-state index contributed by atoms with van der Waals surface area (Å²) in [5.74, 6) is 1.09. The molecular formula is C20H19N3O6S2. The number of nitrogens with one attached hydrogen (secondary N) is 1. The maximum Gasteiger partial charge on any atom is 0.267 e. The first-order valence-corrected chi connectivity index (χ1v) is 11.4. The van der Waals surface area contributed by atoms with Gasteiger partial charge in [0.25, 0.3) is 15.9 Å². The van der Waals surface area contributed by atoms with Gasteiger partial charge >= 0.3 is 0 Å². The number of hydrogen-bond acceptors (Lipinski definition) is 8. The quantitative estimate of drug-likeness (QED) is 0.601. The number of ether oxygens (including phenoxy) is 3. The second-order valence-corrected chi connectivity index (χ2v) is 9.09. The van der Waals surface area contributed by atoms with E-state index in [0.717, 1.165) is 16.9 Å². The Morgan fingerprint density at radius 1 is 1.16 bits per heavy atom. The summed E-state index contributed by atoms with van der Waals surface area (Å²) in [4.78, 5) is 17.8. The van der Waals surface area contributed by atoms with Gasteiger partial charge in [0.05, 0.1) is 25.6 Å². The van der Waals surface area contributed by atoms with Crippen LogP contribution in [-0.2, 0) is 14.8 Å². The van der Waals surface area contributed by atoms with Crippen molar-refractivity contribution < 1.29 is 27.4 Å². The van der Waals surface area contributed by atoms with Gasteiger partial charge in [-0.1, -0.05) is 0 Å². The molecule has 2 heterocycles. The standard InChI is InChI=1S/C20H19N3O6S2/c1-23-15-8-12(4-6-16(15)29-10-19(23)24)14-11-30-20(21-14)22-31(25,26)18-7-5-13(27-2)9-17(18)28-3/h4-9,11H,10H2,1-3H3,(H,21,22). The molecule has 11 heteroatoms. The van der Waals surface area contributed by atoms with Gasteiger partial charge in [0, 0.05) is 24.1 Å². The number of nitrogens with zero attached hydrogens (tertiary/aromatic N) is 2. The minimum Gasteiger partial charge on any atom is -0.497 e. The van der Waals surface area contributed by atoms with Gasteiger partial charge in [0.2, 0.25) is 0 Å². The van der Waals surface area contributed by atoms with Crippen LogP contribution in [0.2, 0.25) is 0 Å². The molecule has 1 aromatic heterocycles. The topological polar surface area (TPSA) is 107 Å². The predicted molar refractivity (Wildman–Crippen MR) is 117 cm³/mol. The van der Waals surface area contributed by atoms with Crippen molar-refractivity contribution in [1.29, 1.82) is 0 Å². The highest BCUT2D eigenvalue weighted by molar-refractivity contribution is 7.93. The highest BCUT2D eigenvalue weighted by Gasteiger charge is 2.24. The molecule has 0 aliphatic carbocycles. The Balaban J connectivity index is 1.61. The van der Waals surface area contributed by atoms with Gasteiger partial charge < -0.3 is 19.1 Å². The van der Waals surface area contributed by atoms with Gasteiger partial charge in [0.15, 0.2) is 11.7 Å². The van der Waals surface area contributed by atoms with Crippen molar-refractivity contribution in [2.45, 2.75) is 4.90 Å². The number of carbonyl (C=O) groups excluding carboxylic acids is 1. The number of thiazole rings is 1. The molecule has 0 saturated carbocycles. The summed E-state index contributed by atoms with van der Waals surface area (Å²) in [6, 6.07) is 9.80. The minimum absolute atomic E-state index is 0.000296. The lowest BCUT2D eigenvalue weighted by molar-refractivity contribution is -0.120. The molecule has 1 amide bonds. The third-order valence-corrected chi connectivity index (χ3v) is 6.99. The molecule has 4 rings (SSSR count). The lowest BCUT2D eigenvalue weighted by Gasteiger charge is -2.26. The van der Waals surface area contributed by atoms with E-state index in [1.54, 1.807) is 24.6 Å². The van der Waals surface area contributed by atoms with E-state index in [1.165, 1.54) is 37.3 Å². The van der Waals surface area contributed by atoms with Crippen LogP contribution in [0.25, 0.3) is 11.3 Å². The molecular weight excluding hydrogens is 442 g/mol. The number of likely N-dealkylation sites (N-methyl/N-ethyl adjacent to an activating group) is 1. The van der Waals surface area contributed by atoms with Crippen molar-refractivity contribution >= 4 is 38.1 Å². The molecule has 0 spiro atoms. The second-order valence-electron chi connectivity index (χ2n) is 6.58. The van der Waals surface area contributed by atoms with Crippen molar-refractivity contribution in [3.05, 3.63) is 41.8 Å². The van der Waals surface area contributed by atoms with E-state index >= 15 is 0 Å². The van der Waals surface area contributed by atoms with Crippen molar-refractivity contribution in [2.75, 3.05) is 37.5 Å². The smallest absolute Gasteiger partial charge is 0.267 e. The first kappa shape index (κ1) is 20.9. The van der Waals surface area contributed by atoms with E-state index in [2.05, 4.69) is 9.71 Å². The minimum atomic E-state index is -3.94. The Hall–Kier alpha value is -3.31. The number of anilines is 2. The Labute approximate surface area is 183 Å². The number of fused-ring (bicyclic) bond motifs is 1. The molecule has 31 heavy (non-hydrogen) atoms.